The van der Waals surface area contributed by atoms with Crippen molar-refractivity contribution in [1.82, 2.24) is 19.7 Å². The number of para-hydroxylation sites is 1. The van der Waals surface area contributed by atoms with Crippen molar-refractivity contribution < 1.29 is 13.7 Å². The summed E-state index contributed by atoms with van der Waals surface area (Å²) < 4.78 is 25.4. The molecule has 0 saturated heterocycles. The largest absolute Gasteiger partial charge is 0.496 e. The quantitative estimate of drug-likeness (QED) is 0.408. The molecule has 0 amide bonds. The molecular formula is C22H15FN4O3S. The first-order valence-corrected chi connectivity index (χ1v) is 10.2. The van der Waals surface area contributed by atoms with E-state index in [1.165, 1.54) is 34.4 Å². The van der Waals surface area contributed by atoms with Gasteiger partial charge in [0.25, 0.3) is 5.56 Å². The Labute approximate surface area is 179 Å². The molecule has 0 radical (unpaired) electrons. The van der Waals surface area contributed by atoms with Crippen LogP contribution in [0.5, 0.6) is 5.75 Å². The summed E-state index contributed by atoms with van der Waals surface area (Å²) in [6, 6.07) is 13.4. The number of thiophene rings is 1. The van der Waals surface area contributed by atoms with E-state index in [0.29, 0.717) is 32.9 Å². The topological polar surface area (TPSA) is 83.0 Å². The van der Waals surface area contributed by atoms with Gasteiger partial charge in [-0.15, -0.1) is 11.3 Å². The highest BCUT2D eigenvalue weighted by Crippen LogP contribution is 2.31. The number of fused-ring (bicyclic) bond motifs is 1. The molecule has 0 unspecified atom stereocenters. The Hall–Kier alpha value is -3.85. The Morgan fingerprint density at radius 3 is 2.74 bits per heavy atom. The molecule has 0 saturated carbocycles. The smallest absolute Gasteiger partial charge is 0.263 e. The molecule has 0 aliphatic heterocycles. The van der Waals surface area contributed by atoms with Crippen LogP contribution in [0.4, 0.5) is 4.39 Å². The second-order valence-corrected chi connectivity index (χ2v) is 7.58. The summed E-state index contributed by atoms with van der Waals surface area (Å²) in [5.41, 5.74) is 1.92. The van der Waals surface area contributed by atoms with E-state index in [1.807, 2.05) is 23.6 Å². The fourth-order valence-electron chi connectivity index (χ4n) is 3.33. The standard InChI is InChI=1S/C22H15FN4O3S/c1-29-17-5-3-2-4-15(17)20-25-18(30-26-20)10-27-12-24-21-19(22(27)28)16(11-31-21)13-6-8-14(23)9-7-13/h2-9,11-12H,10H2,1H3. The normalized spacial score (nSPS) is 11.2. The van der Waals surface area contributed by atoms with Crippen molar-refractivity contribution in [2.24, 2.45) is 0 Å². The number of aromatic nitrogens is 4. The summed E-state index contributed by atoms with van der Waals surface area (Å²) in [6.45, 7) is 0.0721. The van der Waals surface area contributed by atoms with Gasteiger partial charge in [0.05, 0.1) is 24.4 Å². The van der Waals surface area contributed by atoms with Crippen molar-refractivity contribution in [3.63, 3.8) is 0 Å². The van der Waals surface area contributed by atoms with Gasteiger partial charge in [0.15, 0.2) is 0 Å². The number of halogens is 1. The lowest BCUT2D eigenvalue weighted by Crippen LogP contribution is -2.21. The number of hydrogen-bond donors (Lipinski definition) is 0. The van der Waals surface area contributed by atoms with Crippen LogP contribution in [0.25, 0.3) is 32.7 Å². The van der Waals surface area contributed by atoms with E-state index < -0.39 is 0 Å². The molecule has 0 N–H and O–H groups in total. The maximum atomic E-state index is 13.3. The predicted octanol–water partition coefficient (Wildman–Crippen LogP) is 4.37. The van der Waals surface area contributed by atoms with Crippen molar-refractivity contribution in [1.29, 1.82) is 0 Å². The minimum Gasteiger partial charge on any atom is -0.496 e. The number of methoxy groups -OCH3 is 1. The van der Waals surface area contributed by atoms with E-state index in [-0.39, 0.29) is 23.8 Å². The maximum Gasteiger partial charge on any atom is 0.263 e. The van der Waals surface area contributed by atoms with Gasteiger partial charge in [-0.05, 0) is 29.8 Å². The average Bonchev–Trinajstić information content (AvgIpc) is 3.44. The van der Waals surface area contributed by atoms with Crippen molar-refractivity contribution in [2.45, 2.75) is 6.54 Å². The first-order valence-electron chi connectivity index (χ1n) is 9.32. The Kier molecular flexibility index (Phi) is 4.79. The molecule has 2 aromatic carbocycles. The molecule has 0 aliphatic rings. The van der Waals surface area contributed by atoms with Gasteiger partial charge in [-0.25, -0.2) is 9.37 Å². The minimum atomic E-state index is -0.332. The van der Waals surface area contributed by atoms with Crippen molar-refractivity contribution in [3.8, 4) is 28.3 Å². The third-order valence-corrected chi connectivity index (χ3v) is 5.72. The van der Waals surface area contributed by atoms with E-state index in [2.05, 4.69) is 15.1 Å². The molecule has 0 fully saturated rings. The lowest BCUT2D eigenvalue weighted by atomic mass is 10.1. The minimum absolute atomic E-state index is 0.0721. The fourth-order valence-corrected chi connectivity index (χ4v) is 4.23. The Morgan fingerprint density at radius 1 is 1.13 bits per heavy atom. The summed E-state index contributed by atoms with van der Waals surface area (Å²) in [6.07, 6.45) is 1.46. The number of nitrogens with zero attached hydrogens (tertiary/aromatic N) is 4. The fraction of sp³-hybridized carbons (Fsp3) is 0.0909. The summed E-state index contributed by atoms with van der Waals surface area (Å²) in [4.78, 5) is 22.6. The van der Waals surface area contributed by atoms with Crippen molar-refractivity contribution >= 4 is 21.6 Å². The molecule has 7 nitrogen and oxygen atoms in total. The highest BCUT2D eigenvalue weighted by Gasteiger charge is 2.17. The van der Waals surface area contributed by atoms with Gasteiger partial charge in [-0.1, -0.05) is 29.4 Å². The van der Waals surface area contributed by atoms with Gasteiger partial charge < -0.3 is 9.26 Å². The van der Waals surface area contributed by atoms with E-state index in [4.69, 9.17) is 9.26 Å². The molecule has 0 aliphatic carbocycles. The first-order chi connectivity index (χ1) is 15.1. The summed E-state index contributed by atoms with van der Waals surface area (Å²) >= 11 is 1.36. The van der Waals surface area contributed by atoms with Crippen LogP contribution in [-0.2, 0) is 6.54 Å². The number of ether oxygens (including phenoxy) is 1. The van der Waals surface area contributed by atoms with E-state index in [1.54, 1.807) is 25.3 Å². The van der Waals surface area contributed by atoms with Crippen LogP contribution in [0.1, 0.15) is 5.89 Å². The molecule has 0 bridgehead atoms. The zero-order chi connectivity index (χ0) is 21.4. The van der Waals surface area contributed by atoms with Gasteiger partial charge in [0.2, 0.25) is 11.7 Å². The van der Waals surface area contributed by atoms with Crippen LogP contribution < -0.4 is 10.3 Å². The van der Waals surface area contributed by atoms with Gasteiger partial charge in [-0.3, -0.25) is 9.36 Å². The molecule has 5 rings (SSSR count). The number of rotatable bonds is 5. The van der Waals surface area contributed by atoms with Crippen LogP contribution in [0, 0.1) is 5.82 Å². The van der Waals surface area contributed by atoms with Crippen LogP contribution in [0.15, 0.2) is 69.6 Å². The Morgan fingerprint density at radius 2 is 1.94 bits per heavy atom. The predicted molar refractivity (Wildman–Crippen MR) is 115 cm³/mol. The molecule has 9 heteroatoms. The van der Waals surface area contributed by atoms with Crippen molar-refractivity contribution in [2.75, 3.05) is 7.11 Å². The third-order valence-electron chi connectivity index (χ3n) is 4.84. The molecule has 5 aromatic rings. The Balaban J connectivity index is 1.51. The molecule has 154 valence electrons. The maximum absolute atomic E-state index is 13.3. The van der Waals surface area contributed by atoms with Gasteiger partial charge >= 0.3 is 0 Å². The van der Waals surface area contributed by atoms with Gasteiger partial charge in [0.1, 0.15) is 22.9 Å². The second-order valence-electron chi connectivity index (χ2n) is 6.73. The molecule has 0 spiro atoms. The Bertz CT molecular complexity index is 1440. The molecule has 3 heterocycles. The molecule has 0 atom stereocenters. The zero-order valence-corrected chi connectivity index (χ0v) is 17.1. The third kappa shape index (κ3) is 3.49. The highest BCUT2D eigenvalue weighted by molar-refractivity contribution is 7.17. The second kappa shape index (κ2) is 7.77. The molecule has 31 heavy (non-hydrogen) atoms. The first kappa shape index (κ1) is 19.1. The molecule has 3 aromatic heterocycles. The summed E-state index contributed by atoms with van der Waals surface area (Å²) in [7, 11) is 1.57. The van der Waals surface area contributed by atoms with Gasteiger partial charge in [0, 0.05) is 10.9 Å². The lowest BCUT2D eigenvalue weighted by Gasteiger charge is -2.04. The summed E-state index contributed by atoms with van der Waals surface area (Å²) in [5.74, 6) is 0.929. The zero-order valence-electron chi connectivity index (χ0n) is 16.3. The van der Waals surface area contributed by atoms with Gasteiger partial charge in [-0.2, -0.15) is 4.98 Å². The average molecular weight is 434 g/mol. The van der Waals surface area contributed by atoms with Crippen LogP contribution >= 0.6 is 11.3 Å². The monoisotopic (exact) mass is 434 g/mol. The summed E-state index contributed by atoms with van der Waals surface area (Å²) in [5, 5.41) is 6.34. The van der Waals surface area contributed by atoms with Crippen molar-refractivity contribution in [3.05, 3.63) is 82.3 Å². The molecular weight excluding hydrogens is 419 g/mol. The van der Waals surface area contributed by atoms with E-state index >= 15 is 0 Å². The highest BCUT2D eigenvalue weighted by atomic mass is 32.1. The van der Waals surface area contributed by atoms with Crippen LogP contribution in [0.3, 0.4) is 0 Å². The SMILES string of the molecule is COc1ccccc1-c1noc(Cn2cnc3scc(-c4ccc(F)cc4)c3c2=O)n1. The van der Waals surface area contributed by atoms with E-state index in [9.17, 15) is 9.18 Å². The number of benzene rings is 2. The van der Waals surface area contributed by atoms with Crippen LogP contribution in [0.2, 0.25) is 0 Å². The van der Waals surface area contributed by atoms with Crippen LogP contribution in [-0.4, -0.2) is 26.8 Å². The number of hydrogen-bond acceptors (Lipinski definition) is 7. The van der Waals surface area contributed by atoms with E-state index in [0.717, 1.165) is 5.56 Å². The lowest BCUT2D eigenvalue weighted by molar-refractivity contribution is 0.369.